The van der Waals surface area contributed by atoms with Crippen LogP contribution in [0.5, 0.6) is 0 Å². The maximum Gasteiger partial charge on any atom is 0.0558 e. The molecule has 0 saturated carbocycles. The first kappa shape index (κ1) is 16.0. The molecule has 0 atom stereocenters. The van der Waals surface area contributed by atoms with Crippen LogP contribution in [0.2, 0.25) is 0 Å². The molecule has 0 heterocycles. The average Bonchev–Trinajstić information content (AvgIpc) is 2.19. The van der Waals surface area contributed by atoms with Gasteiger partial charge < -0.3 is 24.6 Å². The minimum atomic E-state index is -4.82. The summed E-state index contributed by atoms with van der Waals surface area (Å²) < 4.78 is 11.4. The Morgan fingerprint density at radius 3 is 1.69 bits per heavy atom. The van der Waals surface area contributed by atoms with E-state index in [1.165, 1.54) is 4.90 Å². The summed E-state index contributed by atoms with van der Waals surface area (Å²) in [7, 11) is -4.82. The van der Waals surface area contributed by atoms with E-state index in [2.05, 4.69) is 0 Å². The summed E-state index contributed by atoms with van der Waals surface area (Å²) in [5.74, 6) is 0. The molecule has 6 nitrogen and oxygen atoms in total. The highest BCUT2D eigenvalue weighted by Gasteiger charge is 2.36. The smallest absolute Gasteiger partial charge is 0.0558 e. The van der Waals surface area contributed by atoms with Gasteiger partial charge in [-0.25, -0.2) is 0 Å². The summed E-state index contributed by atoms with van der Waals surface area (Å²) in [6.07, 6.45) is 0.293. The molecule has 0 amide bonds. The average molecular weight is 253 g/mol. The van der Waals surface area contributed by atoms with Gasteiger partial charge in [0.2, 0.25) is 0 Å². The van der Waals surface area contributed by atoms with E-state index in [9.17, 15) is 14.4 Å². The van der Waals surface area contributed by atoms with Crippen LogP contribution < -0.4 is 9.79 Å². The largest absolute Gasteiger partial charge is 0.809 e. The Hall–Kier alpha value is 0.0300. The Morgan fingerprint density at radius 2 is 1.50 bits per heavy atom. The Labute approximate surface area is 96.1 Å². The third-order valence-corrected chi connectivity index (χ3v) is 4.91. The van der Waals surface area contributed by atoms with Gasteiger partial charge in [-0.3, -0.25) is 4.90 Å². The van der Waals surface area contributed by atoms with E-state index in [1.54, 1.807) is 13.8 Å². The van der Waals surface area contributed by atoms with Gasteiger partial charge in [-0.05, 0) is 20.4 Å². The fourth-order valence-corrected chi connectivity index (χ4v) is 3.35. The zero-order valence-corrected chi connectivity index (χ0v) is 10.7. The monoisotopic (exact) mass is 253 g/mol. The molecule has 0 rings (SSSR count). The van der Waals surface area contributed by atoms with Crippen molar-refractivity contribution in [3.63, 3.8) is 0 Å². The molecule has 2 N–H and O–H groups in total. The number of aliphatic hydroxyl groups excluding tert-OH is 2. The van der Waals surface area contributed by atoms with Crippen LogP contribution in [0, 0.1) is 0 Å². The number of hydrogen-bond donors (Lipinski definition) is 2. The van der Waals surface area contributed by atoms with E-state index < -0.39 is 12.9 Å². The van der Waals surface area contributed by atoms with Gasteiger partial charge in [0.1, 0.15) is 0 Å². The molecule has 0 aromatic heterocycles. The van der Waals surface area contributed by atoms with Gasteiger partial charge in [-0.1, -0.05) is 13.8 Å². The third kappa shape index (κ3) is 3.26. The van der Waals surface area contributed by atoms with E-state index >= 15 is 0 Å². The molecule has 0 aliphatic rings. The molecule has 0 aromatic carbocycles. The van der Waals surface area contributed by atoms with Gasteiger partial charge in [-0.15, -0.1) is 0 Å². The van der Waals surface area contributed by atoms with Crippen molar-refractivity contribution in [3.8, 4) is 0 Å². The first-order valence-corrected chi connectivity index (χ1v) is 6.92. The predicted molar refractivity (Wildman–Crippen MR) is 56.7 cm³/mol. The van der Waals surface area contributed by atoms with E-state index in [4.69, 9.17) is 10.2 Å². The SMILES string of the molecule is CCC(CC)(N(CCO)CCO)P(=O)([O-])[O-]. The second-order valence-electron chi connectivity index (χ2n) is 3.62. The molecule has 0 spiro atoms. The molecular formula is C9H20NO5P-2. The summed E-state index contributed by atoms with van der Waals surface area (Å²) >= 11 is 0. The minimum Gasteiger partial charge on any atom is -0.809 e. The first-order chi connectivity index (χ1) is 7.39. The van der Waals surface area contributed by atoms with Crippen molar-refractivity contribution in [2.45, 2.75) is 32.0 Å². The summed E-state index contributed by atoms with van der Waals surface area (Å²) in [6.45, 7) is 2.87. The highest BCUT2D eigenvalue weighted by molar-refractivity contribution is 7.50. The van der Waals surface area contributed by atoms with Crippen LogP contribution in [0.15, 0.2) is 0 Å². The van der Waals surface area contributed by atoms with Gasteiger partial charge in [0, 0.05) is 18.4 Å². The molecule has 0 saturated heterocycles. The number of nitrogens with zero attached hydrogens (tertiary/aromatic N) is 1. The molecule has 16 heavy (non-hydrogen) atoms. The molecule has 98 valence electrons. The standard InChI is InChI=1S/C9H22NO5P/c1-3-9(4-2,16(13,14)15)10(5-7-11)6-8-12/h11-12H,3-8H2,1-2H3,(H2,13,14,15)/p-2. The lowest BCUT2D eigenvalue weighted by molar-refractivity contribution is -0.326. The second kappa shape index (κ2) is 6.69. The predicted octanol–water partition coefficient (Wildman–Crippen LogP) is -1.30. The lowest BCUT2D eigenvalue weighted by Crippen LogP contribution is -2.54. The topological polar surface area (TPSA) is 107 Å². The van der Waals surface area contributed by atoms with Crippen LogP contribution in [0.25, 0.3) is 0 Å². The summed E-state index contributed by atoms with van der Waals surface area (Å²) in [5, 5.41) is 16.2. The second-order valence-corrected chi connectivity index (χ2v) is 5.45. The third-order valence-electron chi connectivity index (χ3n) is 2.97. The normalized spacial score (nSPS) is 13.4. The lowest BCUT2D eigenvalue weighted by Gasteiger charge is -2.55. The Morgan fingerprint density at radius 1 is 1.12 bits per heavy atom. The van der Waals surface area contributed by atoms with Crippen molar-refractivity contribution in [2.75, 3.05) is 26.3 Å². The van der Waals surface area contributed by atoms with Gasteiger partial charge in [-0.2, -0.15) is 0 Å². The lowest BCUT2D eigenvalue weighted by atomic mass is 10.1. The number of hydrogen-bond acceptors (Lipinski definition) is 6. The van der Waals surface area contributed by atoms with Gasteiger partial charge in [0.25, 0.3) is 0 Å². The van der Waals surface area contributed by atoms with Crippen LogP contribution in [0.3, 0.4) is 0 Å². The van der Waals surface area contributed by atoms with Crippen LogP contribution in [0.1, 0.15) is 26.7 Å². The fraction of sp³-hybridized carbons (Fsp3) is 1.00. The zero-order valence-electron chi connectivity index (χ0n) is 9.76. The quantitative estimate of drug-likeness (QED) is 0.521. The molecule has 0 radical (unpaired) electrons. The molecule has 0 aliphatic carbocycles. The molecule has 0 bridgehead atoms. The van der Waals surface area contributed by atoms with Crippen LogP contribution in [-0.4, -0.2) is 46.7 Å². The number of aliphatic hydroxyl groups is 2. The first-order valence-electron chi connectivity index (χ1n) is 5.38. The van der Waals surface area contributed by atoms with Crippen LogP contribution in [0.4, 0.5) is 0 Å². The summed E-state index contributed by atoms with van der Waals surface area (Å²) in [6, 6.07) is 0. The van der Waals surface area contributed by atoms with Crippen LogP contribution >= 0.6 is 7.60 Å². The van der Waals surface area contributed by atoms with E-state index in [0.717, 1.165) is 0 Å². The van der Waals surface area contributed by atoms with E-state index in [1.807, 2.05) is 0 Å². The van der Waals surface area contributed by atoms with Gasteiger partial charge >= 0.3 is 0 Å². The summed E-state index contributed by atoms with van der Waals surface area (Å²) in [5.41, 5.74) is 0. The molecule has 0 fully saturated rings. The molecule has 0 unspecified atom stereocenters. The van der Waals surface area contributed by atoms with Crippen molar-refractivity contribution < 1.29 is 24.6 Å². The van der Waals surface area contributed by atoms with E-state index in [0.29, 0.717) is 0 Å². The Bertz CT molecular complexity index is 232. The maximum atomic E-state index is 11.4. The highest BCUT2D eigenvalue weighted by Crippen LogP contribution is 2.49. The van der Waals surface area contributed by atoms with Crippen molar-refractivity contribution in [1.29, 1.82) is 0 Å². The minimum absolute atomic E-state index is 0.0662. The molecule has 0 aromatic rings. The maximum absolute atomic E-state index is 11.4. The summed E-state index contributed by atoms with van der Waals surface area (Å²) in [4.78, 5) is 24.1. The fourth-order valence-electron chi connectivity index (χ4n) is 2.03. The van der Waals surface area contributed by atoms with Crippen molar-refractivity contribution >= 4 is 7.60 Å². The van der Waals surface area contributed by atoms with Crippen LogP contribution in [-0.2, 0) is 4.57 Å². The van der Waals surface area contributed by atoms with E-state index in [-0.39, 0.29) is 39.1 Å². The van der Waals surface area contributed by atoms with Crippen molar-refractivity contribution in [1.82, 2.24) is 4.90 Å². The van der Waals surface area contributed by atoms with Crippen molar-refractivity contribution in [2.24, 2.45) is 0 Å². The number of rotatable bonds is 8. The van der Waals surface area contributed by atoms with Gasteiger partial charge in [0.15, 0.2) is 0 Å². The Kier molecular flexibility index (Phi) is 6.70. The molecule has 7 heteroatoms. The zero-order chi connectivity index (χ0) is 12.8. The molecule has 0 aliphatic heterocycles. The van der Waals surface area contributed by atoms with Gasteiger partial charge in [0.05, 0.1) is 13.2 Å². The highest BCUT2D eigenvalue weighted by atomic mass is 31.2. The van der Waals surface area contributed by atoms with Crippen molar-refractivity contribution in [3.05, 3.63) is 0 Å². The molecular weight excluding hydrogens is 233 g/mol. The Balaban J connectivity index is 5.18.